The van der Waals surface area contributed by atoms with Crippen LogP contribution in [-0.4, -0.2) is 12.9 Å². The Kier molecular flexibility index (Phi) is 7.57. The second kappa shape index (κ2) is 8.84. The van der Waals surface area contributed by atoms with Crippen molar-refractivity contribution in [2.45, 2.75) is 61.5 Å². The second-order valence-corrected chi connectivity index (χ2v) is 9.31. The third kappa shape index (κ3) is 6.32. The van der Waals surface area contributed by atoms with Gasteiger partial charge in [-0.05, 0) is 59.6 Å². The van der Waals surface area contributed by atoms with Gasteiger partial charge in [-0.25, -0.2) is 0 Å². The van der Waals surface area contributed by atoms with Gasteiger partial charge < -0.3 is 4.74 Å². The summed E-state index contributed by atoms with van der Waals surface area (Å²) in [4.78, 5) is 12.1. The average Bonchev–Trinajstić information content (AvgIpc) is 2.53. The van der Waals surface area contributed by atoms with E-state index in [9.17, 15) is 4.79 Å². The van der Waals surface area contributed by atoms with Gasteiger partial charge >= 0.3 is 0 Å². The van der Waals surface area contributed by atoms with E-state index < -0.39 is 0 Å². The van der Waals surface area contributed by atoms with E-state index in [-0.39, 0.29) is 22.7 Å². The highest BCUT2D eigenvalue weighted by atomic mass is 16.5. The monoisotopic (exact) mass is 368 g/mol. The molecule has 0 aliphatic heterocycles. The Hall–Kier alpha value is -1.93. The maximum atomic E-state index is 12.1. The molecule has 0 aliphatic rings. The molecule has 0 bridgehead atoms. The molecule has 27 heavy (non-hydrogen) atoms. The van der Waals surface area contributed by atoms with Gasteiger partial charge in [0.1, 0.15) is 0 Å². The molecule has 0 amide bonds. The highest BCUT2D eigenvalue weighted by Crippen LogP contribution is 2.37. The molecule has 0 heterocycles. The smallest absolute Gasteiger partial charge is 0.159 e. The molecular formula is C25H36O2. The molecule has 0 saturated carbocycles. The molecule has 0 saturated heterocycles. The minimum absolute atomic E-state index is 0.0479. The first-order valence-electron chi connectivity index (χ1n) is 9.52. The Morgan fingerprint density at radius 1 is 1.00 bits per heavy atom. The van der Waals surface area contributed by atoms with Crippen molar-refractivity contribution in [2.24, 2.45) is 10.8 Å². The maximum absolute atomic E-state index is 12.1. The van der Waals surface area contributed by atoms with Crippen LogP contribution < -0.4 is 0 Å². The summed E-state index contributed by atoms with van der Waals surface area (Å²) in [7, 11) is 1.72. The lowest BCUT2D eigenvalue weighted by atomic mass is 9.82. The van der Waals surface area contributed by atoms with Crippen molar-refractivity contribution in [1.29, 1.82) is 0 Å². The fourth-order valence-electron chi connectivity index (χ4n) is 2.91. The topological polar surface area (TPSA) is 26.3 Å². The van der Waals surface area contributed by atoms with Gasteiger partial charge in [-0.15, -0.1) is 0 Å². The Labute approximate surface area is 166 Å². The van der Waals surface area contributed by atoms with Crippen LogP contribution in [0.2, 0.25) is 0 Å². The van der Waals surface area contributed by atoms with Crippen LogP contribution in [0.4, 0.5) is 0 Å². The fraction of sp³-hybridized carbons (Fsp3) is 0.480. The molecule has 148 valence electrons. The number of carbonyl (C=O) groups is 1. The number of carbonyl (C=O) groups excluding carboxylic acids is 1. The molecule has 0 radical (unpaired) electrons. The molecule has 1 unspecified atom stereocenters. The number of hydrogen-bond acceptors (Lipinski definition) is 2. The molecule has 1 aromatic carbocycles. The van der Waals surface area contributed by atoms with Gasteiger partial charge in [-0.2, -0.15) is 0 Å². The van der Waals surface area contributed by atoms with Crippen LogP contribution in [0.5, 0.6) is 0 Å². The quantitative estimate of drug-likeness (QED) is 0.392. The molecule has 0 aliphatic carbocycles. The van der Waals surface area contributed by atoms with Gasteiger partial charge in [-0.1, -0.05) is 71.9 Å². The normalized spacial score (nSPS) is 14.9. The summed E-state index contributed by atoms with van der Waals surface area (Å²) >= 11 is 0. The highest BCUT2D eigenvalue weighted by Gasteiger charge is 2.27. The van der Waals surface area contributed by atoms with Crippen LogP contribution >= 0.6 is 0 Å². The number of ether oxygens (including phenoxy) is 1. The summed E-state index contributed by atoms with van der Waals surface area (Å²) in [6.45, 7) is 20.7. The largest absolute Gasteiger partial charge is 0.376 e. The first kappa shape index (κ1) is 23.1. The highest BCUT2D eigenvalue weighted by molar-refractivity contribution is 5.95. The molecule has 2 heteroatoms. The summed E-state index contributed by atoms with van der Waals surface area (Å²) in [5, 5.41) is 0. The van der Waals surface area contributed by atoms with Crippen molar-refractivity contribution in [1.82, 2.24) is 0 Å². The van der Waals surface area contributed by atoms with Crippen LogP contribution in [-0.2, 0) is 4.74 Å². The standard InChI is InChI=1S/C25H36O2/c1-11-19(13-12-17(2)24(4,5)6)21-14-20(18(3)26)15-22(16-21)23(27-10)25(7,8)9/h11-16,23H,1H2,2-10H3/b17-12+,19-13+. The van der Waals surface area contributed by atoms with Crippen molar-refractivity contribution < 1.29 is 9.53 Å². The molecular weight excluding hydrogens is 332 g/mol. The molecule has 0 spiro atoms. The first-order chi connectivity index (χ1) is 12.3. The number of methoxy groups -OCH3 is 1. The fourth-order valence-corrected chi connectivity index (χ4v) is 2.91. The minimum atomic E-state index is -0.103. The zero-order valence-electron chi connectivity index (χ0n) is 18.6. The van der Waals surface area contributed by atoms with Crippen LogP contribution in [0.25, 0.3) is 5.57 Å². The Morgan fingerprint density at radius 2 is 1.56 bits per heavy atom. The van der Waals surface area contributed by atoms with E-state index in [1.54, 1.807) is 14.0 Å². The van der Waals surface area contributed by atoms with E-state index in [0.29, 0.717) is 5.56 Å². The summed E-state index contributed by atoms with van der Waals surface area (Å²) in [5.74, 6) is 0.0479. The molecule has 1 atom stereocenters. The Balaban J connectivity index is 3.57. The maximum Gasteiger partial charge on any atom is 0.159 e. The summed E-state index contributed by atoms with van der Waals surface area (Å²) in [6.07, 6.45) is 5.95. The van der Waals surface area contributed by atoms with Gasteiger partial charge in [-0.3, -0.25) is 4.79 Å². The van der Waals surface area contributed by atoms with E-state index in [1.807, 2.05) is 18.2 Å². The number of Topliss-reactive ketones (excluding diaryl/α,β-unsaturated/α-hetero) is 1. The van der Waals surface area contributed by atoms with Crippen molar-refractivity contribution in [3.8, 4) is 0 Å². The van der Waals surface area contributed by atoms with E-state index in [1.165, 1.54) is 5.57 Å². The number of benzene rings is 1. The second-order valence-electron chi connectivity index (χ2n) is 9.31. The van der Waals surface area contributed by atoms with Crippen LogP contribution in [0.15, 0.2) is 48.6 Å². The lowest BCUT2D eigenvalue weighted by Crippen LogP contribution is -2.20. The SMILES string of the molecule is C=C/C(=C\C=C(/C)C(C)(C)C)c1cc(C(C)=O)cc(C(OC)C(C)(C)C)c1. The average molecular weight is 369 g/mol. The third-order valence-corrected chi connectivity index (χ3v) is 4.94. The zero-order valence-corrected chi connectivity index (χ0v) is 18.6. The number of hydrogen-bond donors (Lipinski definition) is 0. The van der Waals surface area contributed by atoms with Crippen LogP contribution in [0.1, 0.15) is 83.0 Å². The molecule has 2 nitrogen and oxygen atoms in total. The van der Waals surface area contributed by atoms with E-state index in [2.05, 4.69) is 73.3 Å². The predicted octanol–water partition coefficient (Wildman–Crippen LogP) is 7.18. The molecule has 1 rings (SSSR count). The van der Waals surface area contributed by atoms with E-state index in [0.717, 1.165) is 16.7 Å². The first-order valence-corrected chi connectivity index (χ1v) is 9.52. The van der Waals surface area contributed by atoms with Crippen LogP contribution in [0, 0.1) is 10.8 Å². The van der Waals surface area contributed by atoms with Gasteiger partial charge in [0, 0.05) is 12.7 Å². The molecule has 0 N–H and O–H groups in total. The molecule has 0 aromatic heterocycles. The minimum Gasteiger partial charge on any atom is -0.376 e. The Morgan fingerprint density at radius 3 is 1.96 bits per heavy atom. The Bertz CT molecular complexity index is 750. The van der Waals surface area contributed by atoms with Crippen LogP contribution in [0.3, 0.4) is 0 Å². The van der Waals surface area contributed by atoms with Crippen molar-refractivity contribution in [3.05, 3.63) is 65.3 Å². The third-order valence-electron chi connectivity index (χ3n) is 4.94. The zero-order chi connectivity index (χ0) is 21.0. The van der Waals surface area contributed by atoms with Gasteiger partial charge in [0.2, 0.25) is 0 Å². The number of allylic oxidation sites excluding steroid dienone is 5. The number of rotatable bonds is 6. The van der Waals surface area contributed by atoms with Crippen molar-refractivity contribution >= 4 is 11.4 Å². The summed E-state index contributed by atoms with van der Waals surface area (Å²) in [5.41, 5.74) is 5.00. The van der Waals surface area contributed by atoms with Gasteiger partial charge in [0.05, 0.1) is 6.10 Å². The number of ketones is 1. The summed E-state index contributed by atoms with van der Waals surface area (Å²) < 4.78 is 5.78. The van der Waals surface area contributed by atoms with E-state index >= 15 is 0 Å². The van der Waals surface area contributed by atoms with Gasteiger partial charge in [0.15, 0.2) is 5.78 Å². The van der Waals surface area contributed by atoms with Gasteiger partial charge in [0.25, 0.3) is 0 Å². The van der Waals surface area contributed by atoms with Crippen molar-refractivity contribution in [3.63, 3.8) is 0 Å². The summed E-state index contributed by atoms with van der Waals surface area (Å²) in [6, 6.07) is 6.00. The van der Waals surface area contributed by atoms with Crippen molar-refractivity contribution in [2.75, 3.05) is 7.11 Å². The lowest BCUT2D eigenvalue weighted by Gasteiger charge is -2.30. The lowest BCUT2D eigenvalue weighted by molar-refractivity contribution is 0.0151. The molecule has 1 aromatic rings. The molecule has 0 fully saturated rings. The predicted molar refractivity (Wildman–Crippen MR) is 117 cm³/mol. The van der Waals surface area contributed by atoms with E-state index in [4.69, 9.17) is 4.74 Å².